The Morgan fingerprint density at radius 2 is 1.70 bits per heavy atom. The number of carbonyl (C=O) groups is 1. The molecule has 0 amide bonds. The number of aryl methyl sites for hydroxylation is 2. The molecule has 1 nitrogen and oxygen atoms in total. The summed E-state index contributed by atoms with van der Waals surface area (Å²) in [4.78, 5) is 14.0. The summed E-state index contributed by atoms with van der Waals surface area (Å²) < 4.78 is 0. The summed E-state index contributed by atoms with van der Waals surface area (Å²) in [6.07, 6.45) is 8.38. The Morgan fingerprint density at radius 3 is 2.20 bits per heavy atom. The van der Waals surface area contributed by atoms with Crippen LogP contribution in [-0.4, -0.2) is 6.29 Å². The second-order valence-electron chi connectivity index (χ2n) is 4.71. The Hall–Kier alpha value is -0.930. The maximum atomic E-state index is 10.3. The van der Waals surface area contributed by atoms with E-state index in [2.05, 4.69) is 31.4 Å². The predicted molar refractivity (Wildman–Crippen MR) is 91.2 cm³/mol. The number of aldehydes is 1. The van der Waals surface area contributed by atoms with Gasteiger partial charge in [-0.15, -0.1) is 22.7 Å². The molecular formula is C17H24OS2. The maximum absolute atomic E-state index is 10.3. The average molecular weight is 309 g/mol. The van der Waals surface area contributed by atoms with Crippen molar-refractivity contribution in [2.75, 3.05) is 0 Å². The lowest BCUT2D eigenvalue weighted by Gasteiger charge is -1.90. The second kappa shape index (κ2) is 10.8. The first kappa shape index (κ1) is 17.1. The highest BCUT2D eigenvalue weighted by Gasteiger charge is 1.97. The quantitative estimate of drug-likeness (QED) is 0.574. The van der Waals surface area contributed by atoms with E-state index < -0.39 is 0 Å². The smallest absolute Gasteiger partial charge is 0.160 e. The normalized spacial score (nSPS) is 9.90. The van der Waals surface area contributed by atoms with E-state index in [1.165, 1.54) is 41.9 Å². The third-order valence-electron chi connectivity index (χ3n) is 2.93. The van der Waals surface area contributed by atoms with Crippen LogP contribution < -0.4 is 0 Å². The molecule has 0 atom stereocenters. The topological polar surface area (TPSA) is 17.1 Å². The Kier molecular flexibility index (Phi) is 9.25. The first-order chi connectivity index (χ1) is 9.80. The van der Waals surface area contributed by atoms with Crippen LogP contribution in [0.25, 0.3) is 0 Å². The highest BCUT2D eigenvalue weighted by atomic mass is 32.1. The molecule has 20 heavy (non-hydrogen) atoms. The zero-order valence-electron chi connectivity index (χ0n) is 12.4. The van der Waals surface area contributed by atoms with Gasteiger partial charge in [0.15, 0.2) is 6.29 Å². The number of unbranched alkanes of at least 4 members (excludes halogenated alkanes) is 2. The van der Waals surface area contributed by atoms with Crippen LogP contribution in [0.3, 0.4) is 0 Å². The lowest BCUT2D eigenvalue weighted by Crippen LogP contribution is -1.76. The molecular weight excluding hydrogens is 284 g/mol. The SMILES string of the molecule is CCCCc1ccc(C=O)s1.CCCCc1cccs1. The fourth-order valence-electron chi connectivity index (χ4n) is 1.75. The van der Waals surface area contributed by atoms with Crippen LogP contribution in [0.5, 0.6) is 0 Å². The highest BCUT2D eigenvalue weighted by molar-refractivity contribution is 7.13. The number of carbonyl (C=O) groups excluding carboxylic acids is 1. The number of hydrogen-bond acceptors (Lipinski definition) is 3. The molecule has 0 saturated carbocycles. The Bertz CT molecular complexity index is 457. The molecule has 3 heteroatoms. The van der Waals surface area contributed by atoms with E-state index in [9.17, 15) is 4.79 Å². The van der Waals surface area contributed by atoms with Crippen molar-refractivity contribution in [2.24, 2.45) is 0 Å². The fourth-order valence-corrected chi connectivity index (χ4v) is 3.37. The highest BCUT2D eigenvalue weighted by Crippen LogP contribution is 2.16. The molecule has 2 heterocycles. The van der Waals surface area contributed by atoms with Crippen LogP contribution in [-0.2, 0) is 12.8 Å². The van der Waals surface area contributed by atoms with Gasteiger partial charge in [-0.2, -0.15) is 0 Å². The third-order valence-corrected chi connectivity index (χ3v) is 4.94. The van der Waals surface area contributed by atoms with Gasteiger partial charge in [-0.1, -0.05) is 32.8 Å². The van der Waals surface area contributed by atoms with E-state index in [0.717, 1.165) is 17.6 Å². The van der Waals surface area contributed by atoms with Crippen LogP contribution in [0, 0.1) is 0 Å². The van der Waals surface area contributed by atoms with Crippen molar-refractivity contribution in [3.05, 3.63) is 44.3 Å². The van der Waals surface area contributed by atoms with Crippen molar-refractivity contribution in [2.45, 2.75) is 52.4 Å². The van der Waals surface area contributed by atoms with E-state index in [0.29, 0.717) is 0 Å². The van der Waals surface area contributed by atoms with Crippen molar-refractivity contribution in [3.63, 3.8) is 0 Å². The molecule has 0 bridgehead atoms. The lowest BCUT2D eigenvalue weighted by molar-refractivity contribution is 0.112. The minimum Gasteiger partial charge on any atom is -0.297 e. The third kappa shape index (κ3) is 7.01. The standard InChI is InChI=1S/C9H12OS.C8H12S/c1-2-3-4-8-5-6-9(7-10)11-8;1-2-3-5-8-6-4-7-9-8/h5-7H,2-4H2,1H3;4,6-7H,2-3,5H2,1H3. The van der Waals surface area contributed by atoms with Gasteiger partial charge in [-0.05, 0) is 49.3 Å². The van der Waals surface area contributed by atoms with Crippen LogP contribution in [0.15, 0.2) is 29.6 Å². The molecule has 0 spiro atoms. The summed E-state index contributed by atoms with van der Waals surface area (Å²) in [6, 6.07) is 8.27. The zero-order chi connectivity index (χ0) is 14.6. The van der Waals surface area contributed by atoms with Gasteiger partial charge in [0.2, 0.25) is 0 Å². The Labute approximate surface area is 130 Å². The minimum absolute atomic E-state index is 0.844. The molecule has 0 aromatic carbocycles. The summed E-state index contributed by atoms with van der Waals surface area (Å²) in [5, 5.41) is 2.14. The molecule has 0 aliphatic heterocycles. The Morgan fingerprint density at radius 1 is 1.00 bits per heavy atom. The van der Waals surface area contributed by atoms with Gasteiger partial charge < -0.3 is 0 Å². The summed E-state index contributed by atoms with van der Waals surface area (Å²) in [6.45, 7) is 4.40. The predicted octanol–water partition coefficient (Wildman–Crippen LogP) is 5.99. The number of rotatable bonds is 7. The van der Waals surface area contributed by atoms with Gasteiger partial charge in [0.1, 0.15) is 0 Å². The molecule has 0 unspecified atom stereocenters. The van der Waals surface area contributed by atoms with Gasteiger partial charge in [-0.3, -0.25) is 4.79 Å². The van der Waals surface area contributed by atoms with E-state index in [4.69, 9.17) is 0 Å². The molecule has 0 N–H and O–H groups in total. The van der Waals surface area contributed by atoms with E-state index in [1.807, 2.05) is 23.5 Å². The molecule has 2 aromatic heterocycles. The first-order valence-electron chi connectivity index (χ1n) is 7.36. The van der Waals surface area contributed by atoms with Gasteiger partial charge in [-0.25, -0.2) is 0 Å². The summed E-state index contributed by atoms with van der Waals surface area (Å²) in [7, 11) is 0. The van der Waals surface area contributed by atoms with Gasteiger partial charge in [0.05, 0.1) is 4.88 Å². The van der Waals surface area contributed by atoms with Gasteiger partial charge >= 0.3 is 0 Å². The molecule has 0 fully saturated rings. The van der Waals surface area contributed by atoms with Crippen LogP contribution in [0.2, 0.25) is 0 Å². The molecule has 0 aliphatic rings. The monoisotopic (exact) mass is 308 g/mol. The fraction of sp³-hybridized carbons (Fsp3) is 0.471. The first-order valence-corrected chi connectivity index (χ1v) is 9.06. The largest absolute Gasteiger partial charge is 0.297 e. The second-order valence-corrected chi connectivity index (χ2v) is 6.94. The van der Waals surface area contributed by atoms with Crippen molar-refractivity contribution in [1.29, 1.82) is 0 Å². The summed E-state index contributed by atoms with van der Waals surface area (Å²) >= 11 is 3.47. The summed E-state index contributed by atoms with van der Waals surface area (Å²) in [5.74, 6) is 0. The average Bonchev–Trinajstić information content (AvgIpc) is 3.14. The number of hydrogen-bond donors (Lipinski definition) is 0. The van der Waals surface area contributed by atoms with Crippen LogP contribution in [0.4, 0.5) is 0 Å². The van der Waals surface area contributed by atoms with E-state index in [-0.39, 0.29) is 0 Å². The van der Waals surface area contributed by atoms with Gasteiger partial charge in [0.25, 0.3) is 0 Å². The Balaban J connectivity index is 0.000000204. The van der Waals surface area contributed by atoms with Crippen LogP contribution in [0.1, 0.15) is 59.0 Å². The molecule has 0 radical (unpaired) electrons. The van der Waals surface area contributed by atoms with Crippen molar-refractivity contribution < 1.29 is 4.79 Å². The molecule has 110 valence electrons. The van der Waals surface area contributed by atoms with E-state index >= 15 is 0 Å². The van der Waals surface area contributed by atoms with E-state index in [1.54, 1.807) is 11.3 Å². The van der Waals surface area contributed by atoms with Crippen LogP contribution >= 0.6 is 22.7 Å². The molecule has 2 aromatic rings. The number of thiophene rings is 2. The maximum Gasteiger partial charge on any atom is 0.160 e. The molecule has 2 rings (SSSR count). The van der Waals surface area contributed by atoms with Crippen molar-refractivity contribution >= 4 is 29.0 Å². The summed E-state index contributed by atoms with van der Waals surface area (Å²) in [5.41, 5.74) is 0. The van der Waals surface area contributed by atoms with Crippen molar-refractivity contribution in [1.82, 2.24) is 0 Å². The minimum atomic E-state index is 0.844. The van der Waals surface area contributed by atoms with Crippen molar-refractivity contribution in [3.8, 4) is 0 Å². The molecule has 0 aliphatic carbocycles. The lowest BCUT2D eigenvalue weighted by atomic mass is 10.2. The zero-order valence-corrected chi connectivity index (χ0v) is 14.1. The van der Waals surface area contributed by atoms with Gasteiger partial charge in [0, 0.05) is 9.75 Å². The molecule has 0 saturated heterocycles.